The van der Waals surface area contributed by atoms with Crippen LogP contribution in [0.1, 0.15) is 24.2 Å². The summed E-state index contributed by atoms with van der Waals surface area (Å²) in [5, 5.41) is 6.80. The van der Waals surface area contributed by atoms with Gasteiger partial charge in [-0.2, -0.15) is 0 Å². The summed E-state index contributed by atoms with van der Waals surface area (Å²) in [5.74, 6) is 1.83. The number of nitrogens with zero attached hydrogens (tertiary/aromatic N) is 1. The molecule has 2 N–H and O–H groups in total. The van der Waals surface area contributed by atoms with E-state index in [9.17, 15) is 0 Å². The van der Waals surface area contributed by atoms with Gasteiger partial charge in [-0.15, -0.1) is 0 Å². The fourth-order valence-electron chi connectivity index (χ4n) is 2.77. The minimum Gasteiger partial charge on any atom is -0.469 e. The van der Waals surface area contributed by atoms with Gasteiger partial charge in [-0.25, -0.2) is 0 Å². The largest absolute Gasteiger partial charge is 0.469 e. The number of halogens is 1. The standard InChI is InChI=1S/C18H22BrN3O/c1-20-17(21-10-7-16-6-3-11-23-16)22-13-18(8-9-18)14-4-2-5-15(19)12-14/h2-6,11-12H,7-10,13H2,1H3,(H2,20,21,22). The number of furan rings is 1. The van der Waals surface area contributed by atoms with Crippen molar-refractivity contribution < 1.29 is 4.42 Å². The Bertz CT molecular complexity index is 663. The van der Waals surface area contributed by atoms with Crippen LogP contribution in [0.25, 0.3) is 0 Å². The molecule has 0 aliphatic heterocycles. The SMILES string of the molecule is CN=C(NCCc1ccco1)NCC1(c2cccc(Br)c2)CC1. The van der Waals surface area contributed by atoms with Gasteiger partial charge in [0.05, 0.1) is 6.26 Å². The fourth-order valence-corrected chi connectivity index (χ4v) is 3.17. The van der Waals surface area contributed by atoms with E-state index >= 15 is 0 Å². The molecule has 1 saturated carbocycles. The van der Waals surface area contributed by atoms with Gasteiger partial charge in [0.2, 0.25) is 0 Å². The smallest absolute Gasteiger partial charge is 0.191 e. The van der Waals surface area contributed by atoms with Crippen molar-refractivity contribution in [3.8, 4) is 0 Å². The van der Waals surface area contributed by atoms with Gasteiger partial charge < -0.3 is 15.1 Å². The van der Waals surface area contributed by atoms with Crippen molar-refractivity contribution in [2.75, 3.05) is 20.1 Å². The average molecular weight is 376 g/mol. The quantitative estimate of drug-likeness (QED) is 0.600. The number of guanidine groups is 1. The lowest BCUT2D eigenvalue weighted by atomic mass is 9.96. The maximum Gasteiger partial charge on any atom is 0.191 e. The molecule has 2 aromatic rings. The highest BCUT2D eigenvalue weighted by atomic mass is 79.9. The second kappa shape index (κ2) is 7.21. The monoisotopic (exact) mass is 375 g/mol. The van der Waals surface area contributed by atoms with Crippen molar-refractivity contribution in [2.24, 2.45) is 4.99 Å². The van der Waals surface area contributed by atoms with E-state index in [2.05, 4.69) is 55.8 Å². The summed E-state index contributed by atoms with van der Waals surface area (Å²) in [4.78, 5) is 4.30. The number of benzene rings is 1. The van der Waals surface area contributed by atoms with E-state index in [1.54, 1.807) is 13.3 Å². The Morgan fingerprint density at radius 1 is 1.26 bits per heavy atom. The van der Waals surface area contributed by atoms with Crippen molar-refractivity contribution >= 4 is 21.9 Å². The second-order valence-corrected chi connectivity index (χ2v) is 6.89. The van der Waals surface area contributed by atoms with E-state index in [0.29, 0.717) is 0 Å². The van der Waals surface area contributed by atoms with Crippen molar-refractivity contribution in [1.82, 2.24) is 10.6 Å². The maximum absolute atomic E-state index is 5.34. The lowest BCUT2D eigenvalue weighted by molar-refractivity contribution is 0.506. The average Bonchev–Trinajstić information content (AvgIpc) is 3.18. The first-order valence-corrected chi connectivity index (χ1v) is 8.74. The molecule has 0 saturated heterocycles. The molecule has 0 bridgehead atoms. The van der Waals surface area contributed by atoms with Gasteiger partial charge in [0, 0.05) is 36.4 Å². The molecule has 0 atom stereocenters. The van der Waals surface area contributed by atoms with Crippen LogP contribution in [-0.2, 0) is 11.8 Å². The van der Waals surface area contributed by atoms with E-state index in [4.69, 9.17) is 4.42 Å². The van der Waals surface area contributed by atoms with Crippen LogP contribution in [0.5, 0.6) is 0 Å². The van der Waals surface area contributed by atoms with Crippen molar-refractivity contribution in [2.45, 2.75) is 24.7 Å². The van der Waals surface area contributed by atoms with Gasteiger partial charge in [0.1, 0.15) is 5.76 Å². The molecular weight excluding hydrogens is 354 g/mol. The zero-order valence-electron chi connectivity index (χ0n) is 13.3. The number of aliphatic imine (C=N–C) groups is 1. The Kier molecular flexibility index (Phi) is 5.06. The van der Waals surface area contributed by atoms with Gasteiger partial charge in [-0.3, -0.25) is 4.99 Å². The molecular formula is C18H22BrN3O. The van der Waals surface area contributed by atoms with Crippen LogP contribution in [-0.4, -0.2) is 26.1 Å². The zero-order valence-corrected chi connectivity index (χ0v) is 14.9. The zero-order chi connectivity index (χ0) is 16.1. The molecule has 1 aliphatic carbocycles. The Morgan fingerprint density at radius 3 is 2.78 bits per heavy atom. The first-order valence-electron chi connectivity index (χ1n) is 7.95. The summed E-state index contributed by atoms with van der Waals surface area (Å²) < 4.78 is 6.48. The second-order valence-electron chi connectivity index (χ2n) is 5.97. The Hall–Kier alpha value is -1.75. The van der Waals surface area contributed by atoms with Crippen molar-refractivity contribution in [3.63, 3.8) is 0 Å². The molecule has 0 amide bonds. The van der Waals surface area contributed by atoms with Crippen molar-refractivity contribution in [3.05, 3.63) is 58.5 Å². The minimum atomic E-state index is 0.252. The summed E-state index contributed by atoms with van der Waals surface area (Å²) in [7, 11) is 1.81. The Morgan fingerprint density at radius 2 is 2.13 bits per heavy atom. The number of rotatable bonds is 6. The summed E-state index contributed by atoms with van der Waals surface area (Å²) >= 11 is 3.56. The normalized spacial score (nSPS) is 16.2. The molecule has 1 aliphatic rings. The fraction of sp³-hybridized carbons (Fsp3) is 0.389. The van der Waals surface area contributed by atoms with Crippen LogP contribution < -0.4 is 10.6 Å². The molecule has 23 heavy (non-hydrogen) atoms. The highest BCUT2D eigenvalue weighted by Crippen LogP contribution is 2.48. The van der Waals surface area contributed by atoms with E-state index in [0.717, 1.165) is 35.7 Å². The van der Waals surface area contributed by atoms with Crippen LogP contribution in [0.4, 0.5) is 0 Å². The molecule has 4 nitrogen and oxygen atoms in total. The summed E-state index contributed by atoms with van der Waals surface area (Å²) in [6.45, 7) is 1.71. The Labute approximate surface area is 145 Å². The van der Waals surface area contributed by atoms with Gasteiger partial charge in [-0.1, -0.05) is 28.1 Å². The highest BCUT2D eigenvalue weighted by Gasteiger charge is 2.44. The van der Waals surface area contributed by atoms with Crippen LogP contribution in [0.3, 0.4) is 0 Å². The third kappa shape index (κ3) is 4.16. The lowest BCUT2D eigenvalue weighted by Gasteiger charge is -2.19. The lowest BCUT2D eigenvalue weighted by Crippen LogP contribution is -2.41. The summed E-state index contributed by atoms with van der Waals surface area (Å²) in [5.41, 5.74) is 1.65. The van der Waals surface area contributed by atoms with Crippen LogP contribution in [0.2, 0.25) is 0 Å². The predicted molar refractivity (Wildman–Crippen MR) is 96.8 cm³/mol. The molecule has 1 heterocycles. The summed E-state index contributed by atoms with van der Waals surface area (Å²) in [6, 6.07) is 12.5. The first-order chi connectivity index (χ1) is 11.2. The van der Waals surface area contributed by atoms with Gasteiger partial charge in [0.15, 0.2) is 5.96 Å². The molecule has 1 fully saturated rings. The topological polar surface area (TPSA) is 49.6 Å². The summed E-state index contributed by atoms with van der Waals surface area (Å²) in [6.07, 6.45) is 5.00. The van der Waals surface area contributed by atoms with Crippen LogP contribution >= 0.6 is 15.9 Å². The van der Waals surface area contributed by atoms with E-state index in [1.807, 2.05) is 12.1 Å². The molecule has 3 rings (SSSR count). The van der Waals surface area contributed by atoms with Gasteiger partial charge >= 0.3 is 0 Å². The van der Waals surface area contributed by atoms with Gasteiger partial charge in [-0.05, 0) is 42.7 Å². The molecule has 0 unspecified atom stereocenters. The third-order valence-electron chi connectivity index (χ3n) is 4.35. The minimum absolute atomic E-state index is 0.252. The van der Waals surface area contributed by atoms with Crippen LogP contribution in [0.15, 0.2) is 56.5 Å². The molecule has 5 heteroatoms. The van der Waals surface area contributed by atoms with Gasteiger partial charge in [0.25, 0.3) is 0 Å². The van der Waals surface area contributed by atoms with Crippen molar-refractivity contribution in [1.29, 1.82) is 0 Å². The highest BCUT2D eigenvalue weighted by molar-refractivity contribution is 9.10. The number of nitrogens with one attached hydrogen (secondary N) is 2. The molecule has 0 spiro atoms. The van der Waals surface area contributed by atoms with E-state index in [1.165, 1.54) is 18.4 Å². The molecule has 0 radical (unpaired) electrons. The van der Waals surface area contributed by atoms with E-state index < -0.39 is 0 Å². The number of hydrogen-bond acceptors (Lipinski definition) is 2. The third-order valence-corrected chi connectivity index (χ3v) is 4.85. The number of hydrogen-bond donors (Lipinski definition) is 2. The van der Waals surface area contributed by atoms with Crippen LogP contribution in [0, 0.1) is 0 Å². The van der Waals surface area contributed by atoms with E-state index in [-0.39, 0.29) is 5.41 Å². The maximum atomic E-state index is 5.34. The Balaban J connectivity index is 1.50. The molecule has 122 valence electrons. The predicted octanol–water partition coefficient (Wildman–Crippen LogP) is 3.48. The molecule has 1 aromatic carbocycles. The first kappa shape index (κ1) is 16.1. The molecule has 1 aromatic heterocycles.